The molecule has 140 valence electrons. The molecule has 2 heterocycles. The van der Waals surface area contributed by atoms with Crippen LogP contribution in [0.3, 0.4) is 0 Å². The van der Waals surface area contributed by atoms with E-state index in [1.54, 1.807) is 12.1 Å². The standard InChI is InChI=1S/C19H19ClFNO3.ClH/c20-16-9-13(10-17-18(16)25-12-24-17)11-22-7-5-19(23,6-8-22)14-1-3-15(21)4-2-14;/h1-4,9-10,23H,5-8,11-12H2;1H. The highest BCUT2D eigenvalue weighted by atomic mass is 35.5. The quantitative estimate of drug-likeness (QED) is 0.842. The minimum Gasteiger partial charge on any atom is -0.454 e. The van der Waals surface area contributed by atoms with Crippen molar-refractivity contribution in [3.8, 4) is 11.5 Å². The lowest BCUT2D eigenvalue weighted by atomic mass is 9.84. The zero-order valence-corrected chi connectivity index (χ0v) is 15.7. The molecule has 1 N–H and O–H groups in total. The van der Waals surface area contributed by atoms with Gasteiger partial charge in [0, 0.05) is 19.6 Å². The number of ether oxygens (including phenoxy) is 2. The van der Waals surface area contributed by atoms with E-state index < -0.39 is 5.60 Å². The molecule has 4 rings (SSSR count). The van der Waals surface area contributed by atoms with Gasteiger partial charge >= 0.3 is 0 Å². The monoisotopic (exact) mass is 399 g/mol. The Morgan fingerprint density at radius 1 is 1.12 bits per heavy atom. The third kappa shape index (κ3) is 3.76. The van der Waals surface area contributed by atoms with Crippen LogP contribution in [0.5, 0.6) is 11.5 Å². The molecule has 0 aromatic heterocycles. The van der Waals surface area contributed by atoms with Crippen molar-refractivity contribution < 1.29 is 19.0 Å². The number of hydrogen-bond donors (Lipinski definition) is 1. The van der Waals surface area contributed by atoms with Crippen LogP contribution in [-0.2, 0) is 12.1 Å². The first-order valence-corrected chi connectivity index (χ1v) is 8.70. The number of nitrogens with zero attached hydrogens (tertiary/aromatic N) is 1. The lowest BCUT2D eigenvalue weighted by Crippen LogP contribution is -2.42. The van der Waals surface area contributed by atoms with E-state index in [9.17, 15) is 9.50 Å². The second-order valence-electron chi connectivity index (χ2n) is 6.63. The molecule has 0 bridgehead atoms. The number of hydrogen-bond acceptors (Lipinski definition) is 4. The maximum Gasteiger partial charge on any atom is 0.231 e. The molecule has 7 heteroatoms. The average Bonchev–Trinajstić information content (AvgIpc) is 3.07. The lowest BCUT2D eigenvalue weighted by Gasteiger charge is -2.38. The summed E-state index contributed by atoms with van der Waals surface area (Å²) in [6.45, 7) is 2.43. The molecule has 0 saturated carbocycles. The van der Waals surface area contributed by atoms with Gasteiger partial charge in [-0.2, -0.15) is 0 Å². The molecule has 0 aliphatic carbocycles. The number of halogens is 3. The smallest absolute Gasteiger partial charge is 0.231 e. The number of benzene rings is 2. The Bertz CT molecular complexity index is 777. The largest absolute Gasteiger partial charge is 0.454 e. The first kappa shape index (κ1) is 19.2. The van der Waals surface area contributed by atoms with Crippen molar-refractivity contribution in [1.29, 1.82) is 0 Å². The van der Waals surface area contributed by atoms with Crippen LogP contribution >= 0.6 is 24.0 Å². The summed E-state index contributed by atoms with van der Waals surface area (Å²) >= 11 is 6.24. The number of fused-ring (bicyclic) bond motifs is 1. The van der Waals surface area contributed by atoms with Crippen molar-refractivity contribution in [2.45, 2.75) is 25.0 Å². The van der Waals surface area contributed by atoms with E-state index in [1.165, 1.54) is 12.1 Å². The van der Waals surface area contributed by atoms with Crippen LogP contribution in [0.1, 0.15) is 24.0 Å². The highest BCUT2D eigenvalue weighted by molar-refractivity contribution is 6.32. The van der Waals surface area contributed by atoms with E-state index in [1.807, 2.05) is 12.1 Å². The number of rotatable bonds is 3. The van der Waals surface area contributed by atoms with Gasteiger partial charge in [0.15, 0.2) is 11.5 Å². The maximum absolute atomic E-state index is 13.1. The molecule has 1 fully saturated rings. The molecule has 2 aromatic rings. The predicted octanol–water partition coefficient (Wildman–Crippen LogP) is 4.11. The Labute approximate surface area is 162 Å². The number of aliphatic hydroxyl groups is 1. The zero-order chi connectivity index (χ0) is 17.4. The van der Waals surface area contributed by atoms with Gasteiger partial charge in [0.1, 0.15) is 5.82 Å². The van der Waals surface area contributed by atoms with Crippen molar-refractivity contribution >= 4 is 24.0 Å². The summed E-state index contributed by atoms with van der Waals surface area (Å²) in [5.41, 5.74) is 0.942. The molecule has 26 heavy (non-hydrogen) atoms. The van der Waals surface area contributed by atoms with Crippen molar-refractivity contribution in [2.75, 3.05) is 19.9 Å². The van der Waals surface area contributed by atoms with Crippen LogP contribution in [0.2, 0.25) is 5.02 Å². The Kier molecular flexibility index (Phi) is 5.63. The van der Waals surface area contributed by atoms with Gasteiger partial charge in [-0.05, 0) is 48.2 Å². The summed E-state index contributed by atoms with van der Waals surface area (Å²) in [7, 11) is 0. The summed E-state index contributed by atoms with van der Waals surface area (Å²) < 4.78 is 23.8. The molecule has 2 aromatic carbocycles. The summed E-state index contributed by atoms with van der Waals surface area (Å²) in [6.07, 6.45) is 1.22. The van der Waals surface area contributed by atoms with Crippen molar-refractivity contribution in [1.82, 2.24) is 4.90 Å². The fraction of sp³-hybridized carbons (Fsp3) is 0.368. The van der Waals surface area contributed by atoms with E-state index in [2.05, 4.69) is 4.90 Å². The van der Waals surface area contributed by atoms with Gasteiger partial charge in [0.2, 0.25) is 6.79 Å². The Balaban J connectivity index is 0.00000196. The average molecular weight is 400 g/mol. The summed E-state index contributed by atoms with van der Waals surface area (Å²) in [4.78, 5) is 2.27. The van der Waals surface area contributed by atoms with E-state index in [0.29, 0.717) is 29.4 Å². The fourth-order valence-corrected chi connectivity index (χ4v) is 3.79. The Hall–Kier alpha value is -1.53. The van der Waals surface area contributed by atoms with E-state index >= 15 is 0 Å². The lowest BCUT2D eigenvalue weighted by molar-refractivity contribution is -0.0277. The molecule has 1 saturated heterocycles. The molecule has 0 amide bonds. The number of piperidine rings is 1. The third-order valence-electron chi connectivity index (χ3n) is 4.96. The van der Waals surface area contributed by atoms with E-state index in [-0.39, 0.29) is 25.0 Å². The third-order valence-corrected chi connectivity index (χ3v) is 5.24. The molecular formula is C19H20Cl2FNO3. The Morgan fingerprint density at radius 3 is 2.50 bits per heavy atom. The van der Waals surface area contributed by atoms with Crippen LogP contribution in [0.15, 0.2) is 36.4 Å². The minimum atomic E-state index is -0.892. The SMILES string of the molecule is Cl.OC1(c2ccc(F)cc2)CCN(Cc2cc(Cl)c3c(c2)OCO3)CC1. The zero-order valence-electron chi connectivity index (χ0n) is 14.1. The number of likely N-dealkylation sites (tertiary alicyclic amines) is 1. The second kappa shape index (κ2) is 7.61. The maximum atomic E-state index is 13.1. The summed E-state index contributed by atoms with van der Waals surface area (Å²) in [5, 5.41) is 11.4. The van der Waals surface area contributed by atoms with Gasteiger partial charge in [-0.25, -0.2) is 4.39 Å². The highest BCUT2D eigenvalue weighted by Crippen LogP contribution is 2.40. The summed E-state index contributed by atoms with van der Waals surface area (Å²) in [5.74, 6) is 1.00. The van der Waals surface area contributed by atoms with Crippen LogP contribution in [0, 0.1) is 5.82 Å². The second-order valence-corrected chi connectivity index (χ2v) is 7.03. The molecular weight excluding hydrogens is 380 g/mol. The van der Waals surface area contributed by atoms with Gasteiger partial charge in [-0.3, -0.25) is 4.90 Å². The molecule has 0 spiro atoms. The highest BCUT2D eigenvalue weighted by Gasteiger charge is 2.34. The molecule has 0 atom stereocenters. The van der Waals surface area contributed by atoms with Gasteiger partial charge < -0.3 is 14.6 Å². The van der Waals surface area contributed by atoms with Crippen molar-refractivity contribution in [3.05, 3.63) is 58.4 Å². The first-order chi connectivity index (χ1) is 12.0. The molecule has 0 unspecified atom stereocenters. The first-order valence-electron chi connectivity index (χ1n) is 8.32. The minimum absolute atomic E-state index is 0. The van der Waals surface area contributed by atoms with Crippen molar-refractivity contribution in [3.63, 3.8) is 0 Å². The van der Waals surface area contributed by atoms with Gasteiger partial charge in [-0.1, -0.05) is 23.7 Å². The van der Waals surface area contributed by atoms with Crippen LogP contribution in [0.4, 0.5) is 4.39 Å². The summed E-state index contributed by atoms with van der Waals surface area (Å²) in [6, 6.07) is 9.98. The predicted molar refractivity (Wildman–Crippen MR) is 99.6 cm³/mol. The Morgan fingerprint density at radius 2 is 1.81 bits per heavy atom. The van der Waals surface area contributed by atoms with Crippen LogP contribution in [-0.4, -0.2) is 29.9 Å². The molecule has 0 radical (unpaired) electrons. The topological polar surface area (TPSA) is 41.9 Å². The van der Waals surface area contributed by atoms with E-state index in [4.69, 9.17) is 21.1 Å². The van der Waals surface area contributed by atoms with Crippen molar-refractivity contribution in [2.24, 2.45) is 0 Å². The fourth-order valence-electron chi connectivity index (χ4n) is 3.50. The normalized spacial score (nSPS) is 18.4. The molecule has 4 nitrogen and oxygen atoms in total. The van der Waals surface area contributed by atoms with Gasteiger partial charge in [0.25, 0.3) is 0 Å². The molecule has 2 aliphatic heterocycles. The molecule has 2 aliphatic rings. The van der Waals surface area contributed by atoms with Gasteiger partial charge in [0.05, 0.1) is 10.6 Å². The van der Waals surface area contributed by atoms with E-state index in [0.717, 1.165) is 30.8 Å². The van der Waals surface area contributed by atoms with Gasteiger partial charge in [-0.15, -0.1) is 12.4 Å². The van der Waals surface area contributed by atoms with Crippen LogP contribution in [0.25, 0.3) is 0 Å². The van der Waals surface area contributed by atoms with Crippen LogP contribution < -0.4 is 9.47 Å².